The number of esters is 1. The second-order valence-electron chi connectivity index (χ2n) is 9.01. The molecule has 3 rings (SSSR count). The van der Waals surface area contributed by atoms with E-state index < -0.39 is 33.4 Å². The van der Waals surface area contributed by atoms with Crippen LogP contribution < -0.4 is 10.1 Å². The molecule has 1 fully saturated rings. The molecule has 0 saturated carbocycles. The smallest absolute Gasteiger partial charge is 0.338 e. The molecule has 2 aromatic carbocycles. The van der Waals surface area contributed by atoms with Gasteiger partial charge >= 0.3 is 11.7 Å². The van der Waals surface area contributed by atoms with Crippen molar-refractivity contribution in [2.45, 2.75) is 32.1 Å². The normalized spacial score (nSPS) is 18.3. The molecule has 1 aliphatic rings. The third-order valence-corrected chi connectivity index (χ3v) is 7.74. The summed E-state index contributed by atoms with van der Waals surface area (Å²) in [5.41, 5.74) is 0.551. The van der Waals surface area contributed by atoms with Crippen molar-refractivity contribution in [3.8, 4) is 5.75 Å². The first-order valence-corrected chi connectivity index (χ1v) is 12.8. The highest BCUT2D eigenvalue weighted by atomic mass is 32.2. The van der Waals surface area contributed by atoms with E-state index in [1.165, 1.54) is 47.8 Å². The molecule has 1 amide bonds. The number of carbonyl (C=O) groups is 2. The molecule has 0 bridgehead atoms. The van der Waals surface area contributed by atoms with Gasteiger partial charge in [-0.05, 0) is 55.0 Å². The van der Waals surface area contributed by atoms with Crippen LogP contribution in [0.5, 0.6) is 5.75 Å². The quantitative estimate of drug-likeness (QED) is 0.317. The van der Waals surface area contributed by atoms with Gasteiger partial charge in [0.1, 0.15) is 0 Å². The number of benzene rings is 2. The number of methoxy groups -OCH3 is 1. The van der Waals surface area contributed by atoms with Crippen molar-refractivity contribution < 1.29 is 32.4 Å². The molecule has 1 heterocycles. The van der Waals surface area contributed by atoms with Gasteiger partial charge in [-0.2, -0.15) is 4.31 Å². The summed E-state index contributed by atoms with van der Waals surface area (Å²) < 4.78 is 37.5. The summed E-state index contributed by atoms with van der Waals surface area (Å²) in [5, 5.41) is 13.6. The molecule has 1 aliphatic heterocycles. The van der Waals surface area contributed by atoms with Crippen LogP contribution in [0, 0.1) is 28.9 Å². The maximum absolute atomic E-state index is 13.0. The molecule has 12 heteroatoms. The third kappa shape index (κ3) is 6.18. The van der Waals surface area contributed by atoms with Gasteiger partial charge in [0.25, 0.3) is 5.91 Å². The van der Waals surface area contributed by atoms with Gasteiger partial charge in [0.2, 0.25) is 10.0 Å². The lowest BCUT2D eigenvalue weighted by molar-refractivity contribution is -0.385. The number of hydrogen-bond donors (Lipinski definition) is 1. The number of carbonyl (C=O) groups excluding carboxylic acids is 2. The average Bonchev–Trinajstić information content (AvgIpc) is 2.82. The molecular formula is C24H29N3O8S. The van der Waals surface area contributed by atoms with Crippen molar-refractivity contribution in [3.63, 3.8) is 0 Å². The predicted octanol–water partition coefficient (Wildman–Crippen LogP) is 3.37. The van der Waals surface area contributed by atoms with Gasteiger partial charge in [-0.3, -0.25) is 14.9 Å². The van der Waals surface area contributed by atoms with Crippen molar-refractivity contribution in [2.24, 2.45) is 11.8 Å². The number of nitro groups is 1. The Bertz CT molecular complexity index is 1250. The molecular weight excluding hydrogens is 490 g/mol. The van der Waals surface area contributed by atoms with E-state index in [1.807, 2.05) is 13.8 Å². The van der Waals surface area contributed by atoms with E-state index >= 15 is 0 Å². The van der Waals surface area contributed by atoms with Crippen LogP contribution in [0.1, 0.15) is 36.2 Å². The highest BCUT2D eigenvalue weighted by Gasteiger charge is 2.31. The van der Waals surface area contributed by atoms with Gasteiger partial charge in [-0.15, -0.1) is 0 Å². The SMILES string of the molecule is COc1cc(NC(=O)COC(=O)c2ccc(S(=O)(=O)N3C[C@@H](C)C[C@H](C)C3)cc2)c(C)cc1[N+](=O)[O-]. The zero-order chi connectivity index (χ0) is 26.6. The second kappa shape index (κ2) is 11.0. The standard InChI is InChI=1S/C24H29N3O8S/c1-15-9-16(2)13-26(12-15)36(32,33)19-7-5-18(6-8-19)24(29)35-14-23(28)25-20-11-22(34-4)21(27(30)31)10-17(20)3/h5-8,10-11,15-16H,9,12-14H2,1-4H3,(H,25,28)/t15-,16-/m0/s1. The number of hydrogen-bond acceptors (Lipinski definition) is 8. The number of nitrogens with zero attached hydrogens (tertiary/aromatic N) is 2. The van der Waals surface area contributed by atoms with Gasteiger partial charge in [0, 0.05) is 30.9 Å². The van der Waals surface area contributed by atoms with Crippen molar-refractivity contribution in [3.05, 3.63) is 57.6 Å². The molecule has 0 unspecified atom stereocenters. The molecule has 36 heavy (non-hydrogen) atoms. The van der Waals surface area contributed by atoms with Crippen LogP contribution in [-0.4, -0.2) is 56.3 Å². The Morgan fingerprint density at radius 3 is 2.31 bits per heavy atom. The lowest BCUT2D eigenvalue weighted by Crippen LogP contribution is -2.42. The number of aryl methyl sites for hydroxylation is 1. The summed E-state index contributed by atoms with van der Waals surface area (Å²) in [7, 11) is -2.41. The van der Waals surface area contributed by atoms with Crippen LogP contribution in [-0.2, 0) is 19.6 Å². The van der Waals surface area contributed by atoms with Crippen LogP contribution >= 0.6 is 0 Å². The Morgan fingerprint density at radius 1 is 1.14 bits per heavy atom. The first kappa shape index (κ1) is 27.1. The van der Waals surface area contributed by atoms with Crippen LogP contribution in [0.4, 0.5) is 11.4 Å². The van der Waals surface area contributed by atoms with Gasteiger partial charge in [0.05, 0.1) is 22.5 Å². The number of anilines is 1. The Hall–Kier alpha value is -3.51. The number of sulfonamides is 1. The van der Waals surface area contributed by atoms with Crippen molar-refractivity contribution in [2.75, 3.05) is 32.1 Å². The van der Waals surface area contributed by atoms with E-state index in [-0.39, 0.29) is 39.4 Å². The highest BCUT2D eigenvalue weighted by Crippen LogP contribution is 2.32. The lowest BCUT2D eigenvalue weighted by Gasteiger charge is -2.34. The van der Waals surface area contributed by atoms with Crippen molar-refractivity contribution in [1.29, 1.82) is 0 Å². The van der Waals surface area contributed by atoms with E-state index in [0.29, 0.717) is 18.7 Å². The molecule has 1 N–H and O–H groups in total. The van der Waals surface area contributed by atoms with E-state index in [0.717, 1.165) is 6.42 Å². The molecule has 2 atom stereocenters. The van der Waals surface area contributed by atoms with Gasteiger partial charge in [-0.1, -0.05) is 13.8 Å². The van der Waals surface area contributed by atoms with Crippen LogP contribution in [0.25, 0.3) is 0 Å². The second-order valence-corrected chi connectivity index (χ2v) is 11.0. The molecule has 0 aliphatic carbocycles. The maximum Gasteiger partial charge on any atom is 0.338 e. The molecule has 0 aromatic heterocycles. The molecule has 0 spiro atoms. The average molecular weight is 520 g/mol. The van der Waals surface area contributed by atoms with Gasteiger partial charge in [-0.25, -0.2) is 13.2 Å². The Kier molecular flexibility index (Phi) is 8.31. The summed E-state index contributed by atoms with van der Waals surface area (Å²) in [4.78, 5) is 35.3. The number of nitro benzene ring substituents is 1. The molecule has 2 aromatic rings. The zero-order valence-electron chi connectivity index (χ0n) is 20.5. The summed E-state index contributed by atoms with van der Waals surface area (Å²) in [6, 6.07) is 7.97. The fourth-order valence-electron chi connectivity index (χ4n) is 4.23. The van der Waals surface area contributed by atoms with Gasteiger partial charge in [0.15, 0.2) is 12.4 Å². The predicted molar refractivity (Wildman–Crippen MR) is 131 cm³/mol. The number of ether oxygens (including phenoxy) is 2. The maximum atomic E-state index is 13.0. The summed E-state index contributed by atoms with van der Waals surface area (Å²) in [6.45, 7) is 5.91. The van der Waals surface area contributed by atoms with Crippen LogP contribution in [0.2, 0.25) is 0 Å². The Labute approximate surface area is 209 Å². The molecule has 0 radical (unpaired) electrons. The number of piperidine rings is 1. The van der Waals surface area contributed by atoms with Crippen molar-refractivity contribution >= 4 is 33.3 Å². The summed E-state index contributed by atoms with van der Waals surface area (Å²) >= 11 is 0. The summed E-state index contributed by atoms with van der Waals surface area (Å²) in [6.07, 6.45) is 0.974. The van der Waals surface area contributed by atoms with E-state index in [1.54, 1.807) is 6.92 Å². The minimum Gasteiger partial charge on any atom is -0.490 e. The minimum absolute atomic E-state index is 0.0265. The topological polar surface area (TPSA) is 145 Å². The summed E-state index contributed by atoms with van der Waals surface area (Å²) in [5.74, 6) is -0.955. The largest absolute Gasteiger partial charge is 0.490 e. The fraction of sp³-hybridized carbons (Fsp3) is 0.417. The fourth-order valence-corrected chi connectivity index (χ4v) is 5.91. The van der Waals surface area contributed by atoms with Crippen LogP contribution in [0.15, 0.2) is 41.3 Å². The van der Waals surface area contributed by atoms with E-state index in [9.17, 15) is 28.1 Å². The highest BCUT2D eigenvalue weighted by molar-refractivity contribution is 7.89. The first-order valence-electron chi connectivity index (χ1n) is 11.3. The minimum atomic E-state index is -3.68. The van der Waals surface area contributed by atoms with Gasteiger partial charge < -0.3 is 14.8 Å². The van der Waals surface area contributed by atoms with Crippen LogP contribution in [0.3, 0.4) is 0 Å². The van der Waals surface area contributed by atoms with E-state index in [2.05, 4.69) is 5.32 Å². The Morgan fingerprint density at radius 2 is 1.75 bits per heavy atom. The Balaban J connectivity index is 1.61. The number of nitrogens with one attached hydrogen (secondary N) is 1. The zero-order valence-corrected chi connectivity index (χ0v) is 21.3. The number of amides is 1. The molecule has 1 saturated heterocycles. The third-order valence-electron chi connectivity index (χ3n) is 5.89. The monoisotopic (exact) mass is 519 g/mol. The molecule has 194 valence electrons. The lowest BCUT2D eigenvalue weighted by atomic mass is 9.94. The molecule has 11 nitrogen and oxygen atoms in total. The van der Waals surface area contributed by atoms with Crippen molar-refractivity contribution in [1.82, 2.24) is 4.31 Å². The number of rotatable bonds is 8. The first-order chi connectivity index (χ1) is 16.9. The van der Waals surface area contributed by atoms with E-state index in [4.69, 9.17) is 9.47 Å².